The molecule has 6 heteroatoms. The van der Waals surface area contributed by atoms with Gasteiger partial charge >= 0.3 is 0 Å². The lowest BCUT2D eigenvalue weighted by molar-refractivity contribution is -0.121. The molecular formula is C7H14N4O2. The molecule has 0 aromatic carbocycles. The van der Waals surface area contributed by atoms with Gasteiger partial charge in [-0.05, 0) is 18.9 Å². The topological polar surface area (TPSA) is 87.1 Å². The second kappa shape index (κ2) is 7.39. The number of carbonyl (C=O) groups excluding carboxylic acids is 1. The van der Waals surface area contributed by atoms with Crippen LogP contribution in [0.5, 0.6) is 0 Å². The molecular weight excluding hydrogens is 172 g/mol. The predicted octanol–water partition coefficient (Wildman–Crippen LogP) is 0.838. The number of amides is 1. The largest absolute Gasteiger partial charge is 0.385 e. The van der Waals surface area contributed by atoms with Crippen LogP contribution in [0.3, 0.4) is 0 Å². The minimum atomic E-state index is -0.646. The van der Waals surface area contributed by atoms with Crippen molar-refractivity contribution in [2.45, 2.75) is 19.4 Å². The average Bonchev–Trinajstić information content (AvgIpc) is 2.12. The van der Waals surface area contributed by atoms with Crippen LogP contribution in [0.1, 0.15) is 13.3 Å². The zero-order chi connectivity index (χ0) is 10.1. The van der Waals surface area contributed by atoms with Gasteiger partial charge in [-0.25, -0.2) is 0 Å². The first-order chi connectivity index (χ1) is 6.22. The van der Waals surface area contributed by atoms with Crippen molar-refractivity contribution in [3.63, 3.8) is 0 Å². The molecule has 0 saturated heterocycles. The van der Waals surface area contributed by atoms with Crippen molar-refractivity contribution < 1.29 is 9.53 Å². The van der Waals surface area contributed by atoms with Crippen LogP contribution in [-0.4, -0.2) is 32.2 Å². The smallest absolute Gasteiger partial charge is 0.228 e. The van der Waals surface area contributed by atoms with Crippen LogP contribution < -0.4 is 5.32 Å². The van der Waals surface area contributed by atoms with Crippen molar-refractivity contribution >= 4 is 5.91 Å². The Morgan fingerprint density at radius 2 is 2.46 bits per heavy atom. The highest BCUT2D eigenvalue weighted by atomic mass is 16.5. The second-order valence-corrected chi connectivity index (χ2v) is 2.52. The number of carbonyl (C=O) groups is 1. The number of methoxy groups -OCH3 is 1. The minimum absolute atomic E-state index is 0.256. The van der Waals surface area contributed by atoms with Gasteiger partial charge in [-0.15, -0.1) is 0 Å². The molecule has 0 radical (unpaired) electrons. The number of hydrogen-bond donors (Lipinski definition) is 1. The summed E-state index contributed by atoms with van der Waals surface area (Å²) in [7, 11) is 1.60. The molecule has 1 unspecified atom stereocenters. The van der Waals surface area contributed by atoms with Gasteiger partial charge in [0.2, 0.25) is 5.91 Å². The Hall–Kier alpha value is -1.26. The van der Waals surface area contributed by atoms with E-state index in [1.165, 1.54) is 0 Å². The van der Waals surface area contributed by atoms with E-state index in [1.807, 2.05) is 0 Å². The van der Waals surface area contributed by atoms with Crippen LogP contribution in [0.15, 0.2) is 5.11 Å². The van der Waals surface area contributed by atoms with Crippen LogP contribution in [0.4, 0.5) is 0 Å². The predicted molar refractivity (Wildman–Crippen MR) is 48.1 cm³/mol. The number of azide groups is 1. The highest BCUT2D eigenvalue weighted by molar-refractivity contribution is 5.81. The maximum absolute atomic E-state index is 11.1. The van der Waals surface area contributed by atoms with Crippen molar-refractivity contribution in [3.05, 3.63) is 10.4 Å². The number of ether oxygens (including phenoxy) is 1. The fraction of sp³-hybridized carbons (Fsp3) is 0.857. The van der Waals surface area contributed by atoms with E-state index < -0.39 is 6.04 Å². The van der Waals surface area contributed by atoms with E-state index in [1.54, 1.807) is 14.0 Å². The third kappa shape index (κ3) is 5.95. The Balaban J connectivity index is 3.56. The van der Waals surface area contributed by atoms with Gasteiger partial charge in [-0.3, -0.25) is 4.79 Å². The zero-order valence-corrected chi connectivity index (χ0v) is 7.86. The Bertz CT molecular complexity index is 201. The Labute approximate surface area is 76.9 Å². The van der Waals surface area contributed by atoms with E-state index in [4.69, 9.17) is 10.3 Å². The van der Waals surface area contributed by atoms with E-state index in [-0.39, 0.29) is 5.91 Å². The van der Waals surface area contributed by atoms with Crippen molar-refractivity contribution in [2.24, 2.45) is 5.11 Å². The first-order valence-corrected chi connectivity index (χ1v) is 4.03. The summed E-state index contributed by atoms with van der Waals surface area (Å²) in [6, 6.07) is -0.646. The van der Waals surface area contributed by atoms with Gasteiger partial charge in [-0.1, -0.05) is 5.11 Å². The standard InChI is InChI=1S/C7H14N4O2/c1-6(10-11-8)7(12)9-4-3-5-13-2/h6H,3-5H2,1-2H3,(H,9,12). The molecule has 0 aliphatic heterocycles. The van der Waals surface area contributed by atoms with Crippen LogP contribution in [0, 0.1) is 0 Å². The van der Waals surface area contributed by atoms with E-state index in [0.717, 1.165) is 6.42 Å². The van der Waals surface area contributed by atoms with E-state index in [2.05, 4.69) is 15.3 Å². The summed E-state index contributed by atoms with van der Waals surface area (Å²) in [5.74, 6) is -0.256. The maximum atomic E-state index is 11.1. The van der Waals surface area contributed by atoms with Crippen molar-refractivity contribution in [1.29, 1.82) is 0 Å². The van der Waals surface area contributed by atoms with Crippen molar-refractivity contribution in [1.82, 2.24) is 5.32 Å². The van der Waals surface area contributed by atoms with E-state index in [9.17, 15) is 4.79 Å². The average molecular weight is 186 g/mol. The number of rotatable bonds is 6. The first-order valence-electron chi connectivity index (χ1n) is 4.03. The molecule has 0 aromatic heterocycles. The SMILES string of the molecule is COCCCNC(=O)C(C)N=[N+]=[N-]. The molecule has 1 amide bonds. The number of nitrogens with one attached hydrogen (secondary N) is 1. The lowest BCUT2D eigenvalue weighted by atomic mass is 10.3. The normalized spacial score (nSPS) is 11.5. The van der Waals surface area contributed by atoms with Gasteiger partial charge < -0.3 is 10.1 Å². The fourth-order valence-corrected chi connectivity index (χ4v) is 0.706. The molecule has 0 fully saturated rings. The maximum Gasteiger partial charge on any atom is 0.228 e. The monoisotopic (exact) mass is 186 g/mol. The molecule has 74 valence electrons. The summed E-state index contributed by atoms with van der Waals surface area (Å²) in [6.45, 7) is 2.69. The molecule has 0 aromatic rings. The Morgan fingerprint density at radius 3 is 3.00 bits per heavy atom. The minimum Gasteiger partial charge on any atom is -0.385 e. The van der Waals surface area contributed by atoms with Gasteiger partial charge in [0, 0.05) is 25.2 Å². The second-order valence-electron chi connectivity index (χ2n) is 2.52. The highest BCUT2D eigenvalue weighted by Crippen LogP contribution is 1.89. The summed E-state index contributed by atoms with van der Waals surface area (Å²) in [6.07, 6.45) is 0.755. The van der Waals surface area contributed by atoms with E-state index >= 15 is 0 Å². The number of hydrogen-bond acceptors (Lipinski definition) is 3. The molecule has 0 heterocycles. The van der Waals surface area contributed by atoms with Gasteiger partial charge in [0.05, 0.1) is 0 Å². The summed E-state index contributed by atoms with van der Waals surface area (Å²) in [5, 5.41) is 5.88. The molecule has 0 rings (SSSR count). The Kier molecular flexibility index (Phi) is 6.68. The first kappa shape index (κ1) is 11.7. The third-order valence-electron chi connectivity index (χ3n) is 1.43. The van der Waals surface area contributed by atoms with Crippen LogP contribution in [0.2, 0.25) is 0 Å². The third-order valence-corrected chi connectivity index (χ3v) is 1.43. The molecule has 0 bridgehead atoms. The Morgan fingerprint density at radius 1 is 1.77 bits per heavy atom. The fourth-order valence-electron chi connectivity index (χ4n) is 0.706. The zero-order valence-electron chi connectivity index (χ0n) is 7.86. The molecule has 0 spiro atoms. The molecule has 1 atom stereocenters. The molecule has 6 nitrogen and oxygen atoms in total. The molecule has 13 heavy (non-hydrogen) atoms. The molecule has 0 aliphatic rings. The lowest BCUT2D eigenvalue weighted by Gasteiger charge is -2.06. The summed E-state index contributed by atoms with van der Waals surface area (Å²) < 4.78 is 4.80. The molecule has 0 aliphatic carbocycles. The van der Waals surface area contributed by atoms with Crippen LogP contribution in [-0.2, 0) is 9.53 Å². The van der Waals surface area contributed by atoms with Gasteiger partial charge in [0.25, 0.3) is 0 Å². The molecule has 1 N–H and O–H groups in total. The quantitative estimate of drug-likeness (QED) is 0.288. The van der Waals surface area contributed by atoms with Crippen molar-refractivity contribution in [3.8, 4) is 0 Å². The van der Waals surface area contributed by atoms with E-state index in [0.29, 0.717) is 13.2 Å². The van der Waals surface area contributed by atoms with Gasteiger partial charge in [0.15, 0.2) is 0 Å². The van der Waals surface area contributed by atoms with Crippen LogP contribution >= 0.6 is 0 Å². The molecule has 0 saturated carbocycles. The van der Waals surface area contributed by atoms with Crippen LogP contribution in [0.25, 0.3) is 10.4 Å². The van der Waals surface area contributed by atoms with Gasteiger partial charge in [0.1, 0.15) is 6.04 Å². The highest BCUT2D eigenvalue weighted by Gasteiger charge is 2.08. The summed E-state index contributed by atoms with van der Waals surface area (Å²) in [4.78, 5) is 13.6. The van der Waals surface area contributed by atoms with Gasteiger partial charge in [-0.2, -0.15) is 0 Å². The number of nitrogens with zero attached hydrogens (tertiary/aromatic N) is 3. The summed E-state index contributed by atoms with van der Waals surface area (Å²) in [5.41, 5.74) is 8.05. The van der Waals surface area contributed by atoms with Crippen molar-refractivity contribution in [2.75, 3.05) is 20.3 Å². The summed E-state index contributed by atoms with van der Waals surface area (Å²) >= 11 is 0. The lowest BCUT2D eigenvalue weighted by Crippen LogP contribution is -2.32.